The molecule has 0 saturated heterocycles. The molecule has 2 aromatic carbocycles. The summed E-state index contributed by atoms with van der Waals surface area (Å²) in [7, 11) is 0. The molecule has 1 N–H and O–H groups in total. The Morgan fingerprint density at radius 3 is 2.50 bits per heavy atom. The van der Waals surface area contributed by atoms with Gasteiger partial charge in [0.25, 0.3) is 0 Å². The highest BCUT2D eigenvalue weighted by molar-refractivity contribution is 6.30. The van der Waals surface area contributed by atoms with Gasteiger partial charge in [0, 0.05) is 16.7 Å². The number of nitrogens with one attached hydrogen (secondary N) is 1. The Hall–Kier alpha value is -3.12. The van der Waals surface area contributed by atoms with Crippen molar-refractivity contribution in [2.75, 3.05) is 5.01 Å². The first-order valence-corrected chi connectivity index (χ1v) is 10.2. The van der Waals surface area contributed by atoms with Crippen molar-refractivity contribution in [1.82, 2.24) is 15.2 Å². The van der Waals surface area contributed by atoms with E-state index in [9.17, 15) is 4.79 Å². The van der Waals surface area contributed by atoms with E-state index in [0.29, 0.717) is 10.9 Å². The number of aromatic nitrogens is 2. The highest BCUT2D eigenvalue weighted by Gasteiger charge is 2.31. The van der Waals surface area contributed by atoms with Gasteiger partial charge in [-0.25, -0.2) is 9.67 Å². The molecule has 3 aromatic rings. The minimum absolute atomic E-state index is 0.219. The fourth-order valence-electron chi connectivity index (χ4n) is 3.57. The van der Waals surface area contributed by atoms with Crippen molar-refractivity contribution in [3.63, 3.8) is 0 Å². The number of anilines is 1. The molecular weight excluding hydrogens is 398 g/mol. The number of hydrogen-bond acceptors (Lipinski definition) is 4. The van der Waals surface area contributed by atoms with Crippen LogP contribution in [0.4, 0.5) is 11.5 Å². The van der Waals surface area contributed by atoms with Crippen LogP contribution in [0.5, 0.6) is 0 Å². The van der Waals surface area contributed by atoms with Crippen molar-refractivity contribution in [2.45, 2.75) is 39.3 Å². The standard InChI is InChI=1S/C23H24ClN5O/c1-15-13-21(29(26-15)23(2,3)4)25-22-19-8-6-5-7-18(19)20(14-30)28(27-22)17-11-9-16(24)10-12-17/h5-14,20H,1-4H3,(H,25,27). The van der Waals surface area contributed by atoms with E-state index in [1.54, 1.807) is 12.1 Å². The van der Waals surface area contributed by atoms with E-state index in [-0.39, 0.29) is 5.54 Å². The number of nitrogens with zero attached hydrogens (tertiary/aromatic N) is 4. The average Bonchev–Trinajstić information content (AvgIpc) is 3.09. The lowest BCUT2D eigenvalue weighted by Gasteiger charge is -2.37. The van der Waals surface area contributed by atoms with Crippen LogP contribution in [-0.4, -0.2) is 21.9 Å². The first-order valence-electron chi connectivity index (χ1n) is 9.80. The third kappa shape index (κ3) is 3.71. The SMILES string of the molecule is Cc1cc(N=C2NN(c3ccc(Cl)cc3)C(C=O)c3ccccc32)n(C(C)(C)C)n1. The second-order valence-electron chi connectivity index (χ2n) is 8.31. The normalized spacial score (nSPS) is 17.6. The zero-order valence-corrected chi connectivity index (χ0v) is 18.2. The predicted molar refractivity (Wildman–Crippen MR) is 120 cm³/mol. The van der Waals surface area contributed by atoms with Crippen LogP contribution in [-0.2, 0) is 10.3 Å². The Balaban J connectivity index is 1.87. The van der Waals surface area contributed by atoms with Crippen LogP contribution >= 0.6 is 11.6 Å². The Morgan fingerprint density at radius 2 is 1.83 bits per heavy atom. The molecule has 1 aromatic heterocycles. The molecular formula is C23H24ClN5O. The van der Waals surface area contributed by atoms with Gasteiger partial charge in [-0.1, -0.05) is 35.9 Å². The first kappa shape index (κ1) is 20.2. The Kier molecular flexibility index (Phi) is 5.12. The molecule has 0 bridgehead atoms. The van der Waals surface area contributed by atoms with Crippen molar-refractivity contribution in [3.8, 4) is 0 Å². The highest BCUT2D eigenvalue weighted by Crippen LogP contribution is 2.32. The summed E-state index contributed by atoms with van der Waals surface area (Å²) in [6.07, 6.45) is 0.931. The van der Waals surface area contributed by atoms with E-state index in [0.717, 1.165) is 34.6 Å². The molecule has 1 aliphatic rings. The largest absolute Gasteiger partial charge is 0.301 e. The Labute approximate surface area is 181 Å². The van der Waals surface area contributed by atoms with Gasteiger partial charge in [0.1, 0.15) is 12.3 Å². The van der Waals surface area contributed by atoms with Gasteiger partial charge in [-0.15, -0.1) is 0 Å². The summed E-state index contributed by atoms with van der Waals surface area (Å²) < 4.78 is 1.91. The number of fused-ring (bicyclic) bond motifs is 1. The topological polar surface area (TPSA) is 62.5 Å². The number of hydrazine groups is 1. The fraction of sp³-hybridized carbons (Fsp3) is 0.261. The van der Waals surface area contributed by atoms with Crippen molar-refractivity contribution < 1.29 is 4.79 Å². The maximum Gasteiger partial charge on any atom is 0.154 e. The minimum Gasteiger partial charge on any atom is -0.301 e. The lowest BCUT2D eigenvalue weighted by molar-refractivity contribution is -0.109. The Bertz CT molecular complexity index is 1110. The van der Waals surface area contributed by atoms with Gasteiger partial charge in [-0.3, -0.25) is 10.4 Å². The minimum atomic E-state index is -0.490. The number of aldehydes is 1. The van der Waals surface area contributed by atoms with Gasteiger partial charge in [-0.2, -0.15) is 5.10 Å². The van der Waals surface area contributed by atoms with Gasteiger partial charge < -0.3 is 4.79 Å². The number of amidine groups is 1. The van der Waals surface area contributed by atoms with Gasteiger partial charge >= 0.3 is 0 Å². The predicted octanol–water partition coefficient (Wildman–Crippen LogP) is 4.94. The number of carbonyl (C=O) groups excluding carboxylic acids is 1. The number of halogens is 1. The van der Waals surface area contributed by atoms with Crippen molar-refractivity contribution >= 4 is 35.2 Å². The molecule has 0 amide bonds. The summed E-state index contributed by atoms with van der Waals surface area (Å²) in [5.74, 6) is 1.40. The maximum atomic E-state index is 12.1. The van der Waals surface area contributed by atoms with Crippen LogP contribution in [0.25, 0.3) is 0 Å². The van der Waals surface area contributed by atoms with Crippen LogP contribution in [0.3, 0.4) is 0 Å². The summed E-state index contributed by atoms with van der Waals surface area (Å²) >= 11 is 6.06. The fourth-order valence-corrected chi connectivity index (χ4v) is 3.70. The molecule has 2 heterocycles. The molecule has 4 rings (SSSR count). The number of aryl methyl sites for hydroxylation is 1. The van der Waals surface area contributed by atoms with Crippen LogP contribution in [0.15, 0.2) is 59.6 Å². The van der Waals surface area contributed by atoms with Gasteiger partial charge in [-0.05, 0) is 57.5 Å². The zero-order valence-electron chi connectivity index (χ0n) is 17.4. The molecule has 1 atom stereocenters. The van der Waals surface area contributed by atoms with Gasteiger partial charge in [0.2, 0.25) is 0 Å². The molecule has 0 spiro atoms. The molecule has 0 radical (unpaired) electrons. The number of hydrogen-bond donors (Lipinski definition) is 1. The van der Waals surface area contributed by atoms with E-state index in [2.05, 4.69) is 31.3 Å². The van der Waals surface area contributed by atoms with Crippen LogP contribution in [0.2, 0.25) is 5.02 Å². The molecule has 0 aliphatic carbocycles. The molecule has 0 saturated carbocycles. The molecule has 7 heteroatoms. The summed E-state index contributed by atoms with van der Waals surface area (Å²) in [4.78, 5) is 17.0. The average molecular weight is 422 g/mol. The maximum absolute atomic E-state index is 12.1. The third-order valence-corrected chi connectivity index (χ3v) is 5.20. The smallest absolute Gasteiger partial charge is 0.154 e. The zero-order chi connectivity index (χ0) is 21.5. The monoisotopic (exact) mass is 421 g/mol. The van der Waals surface area contributed by atoms with Crippen LogP contribution in [0.1, 0.15) is 43.6 Å². The number of rotatable bonds is 3. The third-order valence-electron chi connectivity index (χ3n) is 4.95. The van der Waals surface area contributed by atoms with Crippen LogP contribution in [0, 0.1) is 6.92 Å². The van der Waals surface area contributed by atoms with E-state index in [1.165, 1.54) is 0 Å². The number of benzene rings is 2. The first-order chi connectivity index (χ1) is 14.3. The van der Waals surface area contributed by atoms with E-state index >= 15 is 0 Å². The summed E-state index contributed by atoms with van der Waals surface area (Å²) in [6.45, 7) is 8.23. The molecule has 154 valence electrons. The van der Waals surface area contributed by atoms with E-state index in [1.807, 2.05) is 59.1 Å². The number of aliphatic imine (C=N–C) groups is 1. The van der Waals surface area contributed by atoms with Crippen LogP contribution < -0.4 is 10.4 Å². The van der Waals surface area contributed by atoms with E-state index < -0.39 is 6.04 Å². The highest BCUT2D eigenvalue weighted by atomic mass is 35.5. The second kappa shape index (κ2) is 7.61. The quantitative estimate of drug-likeness (QED) is 0.608. The molecule has 30 heavy (non-hydrogen) atoms. The number of carbonyl (C=O) groups is 1. The molecule has 6 nitrogen and oxygen atoms in total. The summed E-state index contributed by atoms with van der Waals surface area (Å²) in [6, 6.07) is 16.6. The summed E-state index contributed by atoms with van der Waals surface area (Å²) in [5, 5.41) is 7.07. The second-order valence-corrected chi connectivity index (χ2v) is 8.75. The van der Waals surface area contributed by atoms with Crippen molar-refractivity contribution in [1.29, 1.82) is 0 Å². The molecule has 1 unspecified atom stereocenters. The van der Waals surface area contributed by atoms with Gasteiger partial charge in [0.15, 0.2) is 11.7 Å². The lowest BCUT2D eigenvalue weighted by atomic mass is 9.97. The Morgan fingerprint density at radius 1 is 1.13 bits per heavy atom. The van der Waals surface area contributed by atoms with Gasteiger partial charge in [0.05, 0.1) is 16.9 Å². The molecule has 1 aliphatic heterocycles. The van der Waals surface area contributed by atoms with Crippen molar-refractivity contribution in [3.05, 3.63) is 76.4 Å². The lowest BCUT2D eigenvalue weighted by Crippen LogP contribution is -2.50. The van der Waals surface area contributed by atoms with Crippen molar-refractivity contribution in [2.24, 2.45) is 4.99 Å². The van der Waals surface area contributed by atoms with E-state index in [4.69, 9.17) is 16.6 Å². The summed E-state index contributed by atoms with van der Waals surface area (Å²) in [5.41, 5.74) is 6.62. The molecule has 0 fully saturated rings.